The molecule has 0 heterocycles. The summed E-state index contributed by atoms with van der Waals surface area (Å²) in [5.74, 6) is -0.159. The molecule has 0 aromatic rings. The van der Waals surface area contributed by atoms with Crippen molar-refractivity contribution >= 4 is 5.91 Å². The second-order valence-corrected chi connectivity index (χ2v) is 16.3. The lowest BCUT2D eigenvalue weighted by Gasteiger charge is -2.26. The van der Waals surface area contributed by atoms with Crippen LogP contribution in [0.2, 0.25) is 0 Å². The highest BCUT2D eigenvalue weighted by molar-refractivity contribution is 5.76. The largest absolute Gasteiger partial charge is 0.394 e. The van der Waals surface area contributed by atoms with Gasteiger partial charge >= 0.3 is 0 Å². The van der Waals surface area contributed by atoms with Crippen LogP contribution in [0.3, 0.4) is 0 Å². The Kier molecular flexibility index (Phi) is 43.1. The number of aliphatic hydroxyl groups excluding tert-OH is 3. The number of carbonyl (C=O) groups excluding carboxylic acids is 1. The highest BCUT2D eigenvalue weighted by Crippen LogP contribution is 2.16. The third-order valence-corrected chi connectivity index (χ3v) is 10.9. The Morgan fingerprint density at radius 2 is 0.759 bits per heavy atom. The third-order valence-electron chi connectivity index (χ3n) is 10.9. The average molecular weight is 760 g/mol. The molecule has 0 aliphatic carbocycles. The summed E-state index contributed by atoms with van der Waals surface area (Å²) in [7, 11) is 0. The number of carbonyl (C=O) groups is 1. The molecule has 0 radical (unpaired) electrons. The summed E-state index contributed by atoms with van der Waals surface area (Å²) in [6.07, 6.45) is 55.7. The Morgan fingerprint density at radius 1 is 0.444 bits per heavy atom. The van der Waals surface area contributed by atoms with Crippen molar-refractivity contribution in [2.24, 2.45) is 0 Å². The summed E-state index contributed by atoms with van der Waals surface area (Å²) in [6, 6.07) is -0.831. The molecular formula is C49H93NO4. The lowest BCUT2D eigenvalue weighted by atomic mass is 10.0. The van der Waals surface area contributed by atoms with Crippen LogP contribution in [-0.2, 0) is 4.79 Å². The zero-order valence-electron chi connectivity index (χ0n) is 36.1. The molecule has 0 aliphatic heterocycles. The van der Waals surface area contributed by atoms with E-state index < -0.39 is 18.2 Å². The van der Waals surface area contributed by atoms with Gasteiger partial charge in [0.2, 0.25) is 5.91 Å². The molecule has 4 N–H and O–H groups in total. The predicted octanol–water partition coefficient (Wildman–Crippen LogP) is 13.9. The monoisotopic (exact) mass is 760 g/mol. The highest BCUT2D eigenvalue weighted by Gasteiger charge is 2.26. The number of hydrogen-bond donors (Lipinski definition) is 4. The molecule has 0 fully saturated rings. The van der Waals surface area contributed by atoms with E-state index in [2.05, 4.69) is 55.6 Å². The van der Waals surface area contributed by atoms with Gasteiger partial charge in [0, 0.05) is 6.42 Å². The van der Waals surface area contributed by atoms with Crippen LogP contribution >= 0.6 is 0 Å². The molecule has 0 aromatic heterocycles. The summed E-state index contributed by atoms with van der Waals surface area (Å²) in [5, 5.41) is 33.4. The van der Waals surface area contributed by atoms with E-state index >= 15 is 0 Å². The summed E-state index contributed by atoms with van der Waals surface area (Å²) < 4.78 is 0. The molecule has 5 heteroatoms. The summed E-state index contributed by atoms with van der Waals surface area (Å²) in [6.45, 7) is 4.13. The zero-order chi connectivity index (χ0) is 39.4. The molecule has 0 rings (SSSR count). The first kappa shape index (κ1) is 52.6. The number of amides is 1. The molecule has 0 bridgehead atoms. The Bertz CT molecular complexity index is 840. The third kappa shape index (κ3) is 38.8. The lowest BCUT2D eigenvalue weighted by Crippen LogP contribution is -2.50. The number of hydrogen-bond acceptors (Lipinski definition) is 4. The first-order chi connectivity index (χ1) is 26.6. The smallest absolute Gasteiger partial charge is 0.220 e. The standard InChI is InChI=1S/C49H93NO4/c1-3-5-7-9-11-13-15-17-18-19-20-21-22-23-24-25-26-27-28-29-30-31-32-34-36-38-40-42-44-48(53)50-46(45-51)49(54)47(52)43-41-39-37-35-33-16-14-12-10-8-6-4-2/h12,14,23-24,35,37,46-47,49,51-52,54H,3-11,13,15-22,25-34,36,38-45H2,1-2H3,(H,50,53)/b14-12+,24-23-,37-35+. The van der Waals surface area contributed by atoms with Crippen LogP contribution in [0.1, 0.15) is 245 Å². The van der Waals surface area contributed by atoms with Crippen molar-refractivity contribution in [2.45, 2.75) is 263 Å². The Hall–Kier alpha value is -1.43. The predicted molar refractivity (Wildman–Crippen MR) is 236 cm³/mol. The summed E-state index contributed by atoms with van der Waals surface area (Å²) in [4.78, 5) is 12.4. The highest BCUT2D eigenvalue weighted by atomic mass is 16.3. The fourth-order valence-electron chi connectivity index (χ4n) is 7.23. The van der Waals surface area contributed by atoms with Crippen molar-refractivity contribution in [3.63, 3.8) is 0 Å². The van der Waals surface area contributed by atoms with Crippen LogP contribution in [0, 0.1) is 0 Å². The molecule has 318 valence electrons. The summed E-state index contributed by atoms with van der Waals surface area (Å²) in [5.41, 5.74) is 0. The minimum Gasteiger partial charge on any atom is -0.394 e. The van der Waals surface area contributed by atoms with Crippen LogP contribution in [0.25, 0.3) is 0 Å². The topological polar surface area (TPSA) is 89.8 Å². The van der Waals surface area contributed by atoms with Crippen LogP contribution in [0.5, 0.6) is 0 Å². The van der Waals surface area contributed by atoms with E-state index in [0.29, 0.717) is 12.8 Å². The molecular weight excluding hydrogens is 667 g/mol. The van der Waals surface area contributed by atoms with Crippen LogP contribution in [0.15, 0.2) is 36.5 Å². The molecule has 1 amide bonds. The first-order valence-electron chi connectivity index (χ1n) is 23.8. The van der Waals surface area contributed by atoms with Crippen molar-refractivity contribution < 1.29 is 20.1 Å². The second-order valence-electron chi connectivity index (χ2n) is 16.3. The van der Waals surface area contributed by atoms with Gasteiger partial charge in [0.1, 0.15) is 6.10 Å². The Morgan fingerprint density at radius 3 is 1.17 bits per heavy atom. The van der Waals surface area contributed by atoms with E-state index in [1.165, 1.54) is 173 Å². The minimum absolute atomic E-state index is 0.159. The van der Waals surface area contributed by atoms with Gasteiger partial charge in [-0.2, -0.15) is 0 Å². The molecule has 5 nitrogen and oxygen atoms in total. The molecule has 3 unspecified atom stereocenters. The maximum atomic E-state index is 12.4. The molecule has 0 saturated carbocycles. The van der Waals surface area contributed by atoms with Gasteiger partial charge in [0.05, 0.1) is 18.8 Å². The SMILES string of the molecule is CCCCC/C=C/CC/C=C/CCCC(O)C(O)C(CO)NC(=O)CCCCCCCCCCCCCC/C=C\CCCCCCCCCCCCCC. The maximum absolute atomic E-state index is 12.4. The quantitative estimate of drug-likeness (QED) is 0.0368. The van der Waals surface area contributed by atoms with Gasteiger partial charge in [-0.3, -0.25) is 4.79 Å². The number of rotatable bonds is 43. The number of allylic oxidation sites excluding steroid dienone is 6. The van der Waals surface area contributed by atoms with Gasteiger partial charge in [-0.25, -0.2) is 0 Å². The first-order valence-corrected chi connectivity index (χ1v) is 23.8. The zero-order valence-corrected chi connectivity index (χ0v) is 36.1. The molecule has 0 saturated heterocycles. The van der Waals surface area contributed by atoms with E-state index in [4.69, 9.17) is 0 Å². The van der Waals surface area contributed by atoms with E-state index in [-0.39, 0.29) is 12.5 Å². The number of unbranched alkanes of at least 4 members (excludes halogenated alkanes) is 29. The van der Waals surface area contributed by atoms with Crippen molar-refractivity contribution in [1.82, 2.24) is 5.32 Å². The van der Waals surface area contributed by atoms with Gasteiger partial charge in [-0.1, -0.05) is 198 Å². The Balaban J connectivity index is 3.56. The van der Waals surface area contributed by atoms with Gasteiger partial charge in [-0.15, -0.1) is 0 Å². The summed E-state index contributed by atoms with van der Waals surface area (Å²) >= 11 is 0. The van der Waals surface area contributed by atoms with Crippen molar-refractivity contribution in [1.29, 1.82) is 0 Å². The molecule has 0 aromatic carbocycles. The van der Waals surface area contributed by atoms with Crippen molar-refractivity contribution in [3.8, 4) is 0 Å². The fraction of sp³-hybridized carbons (Fsp3) is 0.857. The van der Waals surface area contributed by atoms with Gasteiger partial charge in [-0.05, 0) is 77.0 Å². The van der Waals surface area contributed by atoms with Gasteiger partial charge in [0.15, 0.2) is 0 Å². The van der Waals surface area contributed by atoms with Crippen LogP contribution in [-0.4, -0.2) is 46.1 Å². The van der Waals surface area contributed by atoms with Crippen molar-refractivity contribution in [3.05, 3.63) is 36.5 Å². The molecule has 0 aliphatic rings. The van der Waals surface area contributed by atoms with Gasteiger partial charge < -0.3 is 20.6 Å². The van der Waals surface area contributed by atoms with E-state index in [1.807, 2.05) is 0 Å². The van der Waals surface area contributed by atoms with E-state index in [1.54, 1.807) is 0 Å². The fourth-order valence-corrected chi connectivity index (χ4v) is 7.23. The lowest BCUT2D eigenvalue weighted by molar-refractivity contribution is -0.124. The molecule has 3 atom stereocenters. The van der Waals surface area contributed by atoms with Gasteiger partial charge in [0.25, 0.3) is 0 Å². The van der Waals surface area contributed by atoms with Crippen LogP contribution < -0.4 is 5.32 Å². The van der Waals surface area contributed by atoms with E-state index in [0.717, 1.165) is 44.9 Å². The molecule has 54 heavy (non-hydrogen) atoms. The maximum Gasteiger partial charge on any atom is 0.220 e. The average Bonchev–Trinajstić information content (AvgIpc) is 3.18. The Labute approximate surface area is 336 Å². The van der Waals surface area contributed by atoms with Crippen molar-refractivity contribution in [2.75, 3.05) is 6.61 Å². The van der Waals surface area contributed by atoms with Crippen LogP contribution in [0.4, 0.5) is 0 Å². The molecule has 0 spiro atoms. The van der Waals surface area contributed by atoms with E-state index in [9.17, 15) is 20.1 Å². The normalized spacial score (nSPS) is 13.8. The number of nitrogens with one attached hydrogen (secondary N) is 1. The minimum atomic E-state index is -1.17. The number of aliphatic hydroxyl groups is 3. The second kappa shape index (κ2) is 44.3.